The minimum absolute atomic E-state index is 0.297. The van der Waals surface area contributed by atoms with Crippen LogP contribution in [0.4, 0.5) is 0 Å². The Morgan fingerprint density at radius 3 is 2.93 bits per heavy atom. The third kappa shape index (κ3) is 2.27. The number of hydrogen-bond acceptors (Lipinski definition) is 3. The lowest BCUT2D eigenvalue weighted by Crippen LogP contribution is -2.45. The second kappa shape index (κ2) is 4.60. The molecule has 2 rings (SSSR count). The molecule has 0 bridgehead atoms. The van der Waals surface area contributed by atoms with Crippen LogP contribution in [0.1, 0.15) is 25.7 Å². The zero-order valence-electron chi connectivity index (χ0n) is 9.14. The zero-order valence-corrected chi connectivity index (χ0v) is 9.14. The molecule has 0 spiro atoms. The van der Waals surface area contributed by atoms with Crippen LogP contribution in [0.5, 0.6) is 0 Å². The molecule has 2 heterocycles. The maximum atomic E-state index is 5.36. The van der Waals surface area contributed by atoms with Crippen molar-refractivity contribution in [3.63, 3.8) is 0 Å². The van der Waals surface area contributed by atoms with Gasteiger partial charge in [0.1, 0.15) is 0 Å². The van der Waals surface area contributed by atoms with Gasteiger partial charge in [0.15, 0.2) is 0 Å². The monoisotopic (exact) mass is 198 g/mol. The minimum atomic E-state index is 0.297. The molecule has 2 unspecified atom stereocenters. The highest BCUT2D eigenvalue weighted by atomic mass is 16.5. The van der Waals surface area contributed by atoms with E-state index in [1.54, 1.807) is 0 Å². The van der Waals surface area contributed by atoms with E-state index in [0.717, 1.165) is 12.5 Å². The zero-order chi connectivity index (χ0) is 9.86. The molecular weight excluding hydrogens is 176 g/mol. The predicted molar refractivity (Wildman–Crippen MR) is 57.4 cm³/mol. The highest BCUT2D eigenvalue weighted by molar-refractivity contribution is 4.95. The van der Waals surface area contributed by atoms with Gasteiger partial charge in [0.25, 0.3) is 0 Å². The summed E-state index contributed by atoms with van der Waals surface area (Å²) in [6.45, 7) is 4.45. The molecule has 2 fully saturated rings. The summed E-state index contributed by atoms with van der Waals surface area (Å²) < 4.78 is 5.36. The third-order valence-electron chi connectivity index (χ3n) is 3.59. The normalized spacial score (nSPS) is 37.9. The fraction of sp³-hybridized carbons (Fsp3) is 1.00. The van der Waals surface area contributed by atoms with Gasteiger partial charge in [0.2, 0.25) is 0 Å². The molecule has 0 aromatic heterocycles. The van der Waals surface area contributed by atoms with Gasteiger partial charge in [-0.1, -0.05) is 0 Å². The van der Waals surface area contributed by atoms with E-state index in [-0.39, 0.29) is 0 Å². The van der Waals surface area contributed by atoms with Crippen molar-refractivity contribution < 1.29 is 4.74 Å². The average Bonchev–Trinajstić information content (AvgIpc) is 2.78. The van der Waals surface area contributed by atoms with E-state index in [9.17, 15) is 0 Å². The van der Waals surface area contributed by atoms with Crippen LogP contribution in [0.25, 0.3) is 0 Å². The lowest BCUT2D eigenvalue weighted by atomic mass is 9.86. The molecule has 3 nitrogen and oxygen atoms in total. The third-order valence-corrected chi connectivity index (χ3v) is 3.59. The van der Waals surface area contributed by atoms with Crippen LogP contribution in [-0.4, -0.2) is 38.9 Å². The minimum Gasteiger partial charge on any atom is -0.383 e. The fourth-order valence-electron chi connectivity index (χ4n) is 2.94. The van der Waals surface area contributed by atoms with E-state index < -0.39 is 0 Å². The molecule has 14 heavy (non-hydrogen) atoms. The van der Waals surface area contributed by atoms with Crippen molar-refractivity contribution in [2.45, 2.75) is 31.2 Å². The van der Waals surface area contributed by atoms with Gasteiger partial charge >= 0.3 is 0 Å². The molecule has 0 radical (unpaired) electrons. The van der Waals surface area contributed by atoms with E-state index in [0.29, 0.717) is 5.54 Å². The van der Waals surface area contributed by atoms with E-state index in [1.165, 1.54) is 45.3 Å². The maximum Gasteiger partial charge on any atom is 0.0644 e. The Morgan fingerprint density at radius 1 is 1.43 bits per heavy atom. The van der Waals surface area contributed by atoms with Crippen LogP contribution in [-0.2, 0) is 4.74 Å². The second-order valence-corrected chi connectivity index (χ2v) is 4.81. The highest BCUT2D eigenvalue weighted by Crippen LogP contribution is 2.29. The summed E-state index contributed by atoms with van der Waals surface area (Å²) in [6.07, 6.45) is 5.22. The summed E-state index contributed by atoms with van der Waals surface area (Å²) in [5.41, 5.74) is 0.297. The summed E-state index contributed by atoms with van der Waals surface area (Å²) in [7, 11) is 1.81. The van der Waals surface area contributed by atoms with Crippen LogP contribution in [0.15, 0.2) is 0 Å². The molecule has 0 saturated carbocycles. The van der Waals surface area contributed by atoms with Crippen molar-refractivity contribution in [1.29, 1.82) is 0 Å². The van der Waals surface area contributed by atoms with Crippen molar-refractivity contribution in [2.24, 2.45) is 5.92 Å². The van der Waals surface area contributed by atoms with Crippen LogP contribution in [0, 0.1) is 5.92 Å². The Kier molecular flexibility index (Phi) is 3.42. The largest absolute Gasteiger partial charge is 0.383 e. The smallest absolute Gasteiger partial charge is 0.0644 e. The maximum absolute atomic E-state index is 5.36. The Bertz CT molecular complexity index is 172. The van der Waals surface area contributed by atoms with Crippen molar-refractivity contribution in [1.82, 2.24) is 10.6 Å². The number of rotatable bonds is 4. The van der Waals surface area contributed by atoms with E-state index in [4.69, 9.17) is 4.74 Å². The number of ether oxygens (including phenoxy) is 1. The van der Waals surface area contributed by atoms with Gasteiger partial charge in [-0.25, -0.2) is 0 Å². The Morgan fingerprint density at radius 2 is 2.36 bits per heavy atom. The predicted octanol–water partition coefficient (Wildman–Crippen LogP) is 0.755. The summed E-state index contributed by atoms with van der Waals surface area (Å²) in [4.78, 5) is 0. The first-order valence-corrected chi connectivity index (χ1v) is 5.79. The van der Waals surface area contributed by atoms with Crippen molar-refractivity contribution >= 4 is 0 Å². The average molecular weight is 198 g/mol. The van der Waals surface area contributed by atoms with Crippen LogP contribution in [0.2, 0.25) is 0 Å². The van der Waals surface area contributed by atoms with Gasteiger partial charge in [-0.05, 0) is 51.2 Å². The molecule has 2 atom stereocenters. The van der Waals surface area contributed by atoms with Crippen LogP contribution >= 0.6 is 0 Å². The van der Waals surface area contributed by atoms with Crippen LogP contribution < -0.4 is 10.6 Å². The van der Waals surface area contributed by atoms with E-state index in [2.05, 4.69) is 10.6 Å². The molecule has 82 valence electrons. The Balaban J connectivity index is 1.89. The molecule has 2 N–H and O–H groups in total. The second-order valence-electron chi connectivity index (χ2n) is 4.81. The highest BCUT2D eigenvalue weighted by Gasteiger charge is 2.36. The van der Waals surface area contributed by atoms with Crippen molar-refractivity contribution in [3.05, 3.63) is 0 Å². The van der Waals surface area contributed by atoms with Crippen molar-refractivity contribution in [2.75, 3.05) is 33.4 Å². The van der Waals surface area contributed by atoms with Crippen molar-refractivity contribution in [3.8, 4) is 0 Å². The molecule has 0 aliphatic carbocycles. The molecule has 3 heteroatoms. The van der Waals surface area contributed by atoms with Crippen LogP contribution in [0.3, 0.4) is 0 Å². The molecular formula is C11H22N2O. The van der Waals surface area contributed by atoms with Gasteiger partial charge in [-0.2, -0.15) is 0 Å². The number of hydrogen-bond donors (Lipinski definition) is 2. The molecule has 0 aromatic rings. The van der Waals surface area contributed by atoms with Gasteiger partial charge in [0, 0.05) is 12.6 Å². The molecule has 0 amide bonds. The topological polar surface area (TPSA) is 33.3 Å². The Labute approximate surface area is 86.6 Å². The first-order valence-electron chi connectivity index (χ1n) is 5.79. The van der Waals surface area contributed by atoms with Gasteiger partial charge in [-0.3, -0.25) is 0 Å². The standard InChI is InChI=1S/C11H22N2O/c1-14-9-11(4-2-5-13-11)7-10-3-6-12-8-10/h10,12-13H,2-9H2,1H3. The molecule has 2 aliphatic heterocycles. The SMILES string of the molecule is COCC1(CC2CCNC2)CCCN1. The summed E-state index contributed by atoms with van der Waals surface area (Å²) in [5, 5.41) is 7.08. The Hall–Kier alpha value is -0.120. The van der Waals surface area contributed by atoms with E-state index in [1.807, 2.05) is 7.11 Å². The first-order chi connectivity index (χ1) is 6.85. The molecule has 0 aromatic carbocycles. The van der Waals surface area contributed by atoms with Gasteiger partial charge in [0.05, 0.1) is 6.61 Å². The summed E-state index contributed by atoms with van der Waals surface area (Å²) in [5.74, 6) is 0.857. The number of methoxy groups -OCH3 is 1. The summed E-state index contributed by atoms with van der Waals surface area (Å²) in [6, 6.07) is 0. The summed E-state index contributed by atoms with van der Waals surface area (Å²) >= 11 is 0. The fourth-order valence-corrected chi connectivity index (χ4v) is 2.94. The first kappa shape index (κ1) is 10.4. The molecule has 2 aliphatic rings. The number of nitrogens with one attached hydrogen (secondary N) is 2. The molecule has 2 saturated heterocycles. The lowest BCUT2D eigenvalue weighted by Gasteiger charge is -2.31. The van der Waals surface area contributed by atoms with Gasteiger partial charge < -0.3 is 15.4 Å². The van der Waals surface area contributed by atoms with Gasteiger partial charge in [-0.15, -0.1) is 0 Å². The quantitative estimate of drug-likeness (QED) is 0.699. The van der Waals surface area contributed by atoms with E-state index >= 15 is 0 Å². The lowest BCUT2D eigenvalue weighted by molar-refractivity contribution is 0.104.